The summed E-state index contributed by atoms with van der Waals surface area (Å²) in [7, 11) is 1.73. The Morgan fingerprint density at radius 3 is 3.00 bits per heavy atom. The first-order valence-corrected chi connectivity index (χ1v) is 5.94. The monoisotopic (exact) mass is 237 g/mol. The maximum Gasteiger partial charge on any atom is 0.232 e. The number of hydrogen-bond donors (Lipinski definition) is 0. The number of aromatic nitrogens is 2. The van der Waals surface area contributed by atoms with Gasteiger partial charge in [-0.15, -0.1) is 0 Å². The van der Waals surface area contributed by atoms with Gasteiger partial charge in [-0.1, -0.05) is 0 Å². The van der Waals surface area contributed by atoms with Gasteiger partial charge < -0.3 is 9.47 Å². The first-order valence-electron chi connectivity index (χ1n) is 5.94. The zero-order valence-corrected chi connectivity index (χ0v) is 10.4. The zero-order chi connectivity index (χ0) is 12.1. The topological polar surface area (TPSA) is 47.5 Å². The summed E-state index contributed by atoms with van der Waals surface area (Å²) in [5.41, 5.74) is 0.908. The molecule has 2 heterocycles. The molecule has 94 valence electrons. The van der Waals surface area contributed by atoms with Gasteiger partial charge in [0.15, 0.2) is 0 Å². The van der Waals surface area contributed by atoms with Crippen LogP contribution in [0.15, 0.2) is 12.4 Å². The summed E-state index contributed by atoms with van der Waals surface area (Å²) >= 11 is 0. The molecule has 0 unspecified atom stereocenters. The van der Waals surface area contributed by atoms with Crippen LogP contribution in [-0.4, -0.2) is 54.3 Å². The Bertz CT molecular complexity index is 342. The largest absolute Gasteiger partial charge is 0.472 e. The van der Waals surface area contributed by atoms with E-state index in [4.69, 9.17) is 9.47 Å². The average Bonchev–Trinajstić information content (AvgIpc) is 2.77. The minimum atomic E-state index is 0.226. The molecule has 1 aromatic rings. The summed E-state index contributed by atoms with van der Waals surface area (Å²) < 4.78 is 10.9. The Hall–Kier alpha value is -1.20. The van der Waals surface area contributed by atoms with Crippen molar-refractivity contribution in [2.45, 2.75) is 19.4 Å². The fourth-order valence-electron chi connectivity index (χ4n) is 1.93. The van der Waals surface area contributed by atoms with E-state index < -0.39 is 0 Å². The Morgan fingerprint density at radius 1 is 1.41 bits per heavy atom. The van der Waals surface area contributed by atoms with Crippen molar-refractivity contribution in [2.75, 3.05) is 33.4 Å². The normalized spacial score (nSPS) is 20.7. The molecule has 1 aromatic heterocycles. The highest BCUT2D eigenvalue weighted by Crippen LogP contribution is 2.15. The molecule has 0 radical (unpaired) electrons. The summed E-state index contributed by atoms with van der Waals surface area (Å²) in [4.78, 5) is 10.7. The maximum absolute atomic E-state index is 5.78. The molecular weight excluding hydrogens is 218 g/mol. The van der Waals surface area contributed by atoms with Crippen LogP contribution in [0.4, 0.5) is 0 Å². The molecule has 0 saturated carbocycles. The van der Waals surface area contributed by atoms with Crippen molar-refractivity contribution in [2.24, 2.45) is 0 Å². The second kappa shape index (κ2) is 5.93. The third kappa shape index (κ3) is 3.64. The summed E-state index contributed by atoms with van der Waals surface area (Å²) in [6.45, 7) is 5.66. The maximum atomic E-state index is 5.78. The molecular formula is C12H19N3O2. The van der Waals surface area contributed by atoms with Gasteiger partial charge in [-0.25, -0.2) is 4.98 Å². The van der Waals surface area contributed by atoms with Crippen LogP contribution in [0.25, 0.3) is 0 Å². The number of rotatable bonds is 5. The van der Waals surface area contributed by atoms with Gasteiger partial charge in [-0.2, -0.15) is 0 Å². The number of nitrogens with zero attached hydrogens (tertiary/aromatic N) is 3. The molecule has 1 atom stereocenters. The summed E-state index contributed by atoms with van der Waals surface area (Å²) in [5.74, 6) is 0.620. The van der Waals surface area contributed by atoms with Crippen molar-refractivity contribution in [1.82, 2.24) is 14.9 Å². The van der Waals surface area contributed by atoms with Crippen molar-refractivity contribution < 1.29 is 9.47 Å². The van der Waals surface area contributed by atoms with Gasteiger partial charge in [-0.3, -0.25) is 9.88 Å². The van der Waals surface area contributed by atoms with Gasteiger partial charge >= 0.3 is 0 Å². The lowest BCUT2D eigenvalue weighted by molar-refractivity contribution is 0.147. The minimum Gasteiger partial charge on any atom is -0.472 e. The quantitative estimate of drug-likeness (QED) is 0.761. The van der Waals surface area contributed by atoms with Gasteiger partial charge in [0, 0.05) is 26.7 Å². The second-order valence-corrected chi connectivity index (χ2v) is 4.32. The molecule has 1 aliphatic heterocycles. The first-order chi connectivity index (χ1) is 8.28. The van der Waals surface area contributed by atoms with Crippen LogP contribution in [0.2, 0.25) is 0 Å². The molecule has 0 aromatic carbocycles. The number of aryl methyl sites for hydroxylation is 1. The minimum absolute atomic E-state index is 0.226. The van der Waals surface area contributed by atoms with Crippen LogP contribution >= 0.6 is 0 Å². The zero-order valence-electron chi connectivity index (χ0n) is 10.4. The van der Waals surface area contributed by atoms with Crippen molar-refractivity contribution >= 4 is 0 Å². The number of likely N-dealkylation sites (tertiary alicyclic amines) is 1. The highest BCUT2D eigenvalue weighted by molar-refractivity contribution is 5.06. The molecule has 0 spiro atoms. The van der Waals surface area contributed by atoms with E-state index in [0.29, 0.717) is 5.88 Å². The van der Waals surface area contributed by atoms with E-state index in [9.17, 15) is 0 Å². The molecule has 1 aliphatic rings. The molecule has 5 heteroatoms. The Kier molecular flexibility index (Phi) is 4.28. The van der Waals surface area contributed by atoms with E-state index in [1.807, 2.05) is 6.92 Å². The van der Waals surface area contributed by atoms with E-state index in [0.717, 1.165) is 38.4 Å². The van der Waals surface area contributed by atoms with Crippen LogP contribution in [0, 0.1) is 6.92 Å². The molecule has 0 N–H and O–H groups in total. The van der Waals surface area contributed by atoms with E-state index >= 15 is 0 Å². The number of hydrogen-bond acceptors (Lipinski definition) is 5. The standard InChI is InChI=1S/C12H19N3O2/c1-10-7-14-12(8-13-10)17-11-3-4-15(9-11)5-6-16-2/h7-8,11H,3-6,9H2,1-2H3/t11-/m0/s1. The molecule has 0 amide bonds. The van der Waals surface area contributed by atoms with Gasteiger partial charge in [0.2, 0.25) is 5.88 Å². The highest BCUT2D eigenvalue weighted by atomic mass is 16.5. The Morgan fingerprint density at radius 2 is 2.29 bits per heavy atom. The number of methoxy groups -OCH3 is 1. The SMILES string of the molecule is COCCN1CC[C@H](Oc2cnc(C)cn2)C1. The molecule has 2 rings (SSSR count). The Labute approximate surface area is 102 Å². The van der Waals surface area contributed by atoms with Crippen molar-refractivity contribution in [3.63, 3.8) is 0 Å². The fourth-order valence-corrected chi connectivity index (χ4v) is 1.93. The van der Waals surface area contributed by atoms with E-state index in [1.165, 1.54) is 0 Å². The molecule has 17 heavy (non-hydrogen) atoms. The third-order valence-electron chi connectivity index (χ3n) is 2.89. The molecule has 1 saturated heterocycles. The molecule has 0 bridgehead atoms. The molecule has 1 fully saturated rings. The fraction of sp³-hybridized carbons (Fsp3) is 0.667. The Balaban J connectivity index is 1.79. The predicted octanol–water partition coefficient (Wildman–Crippen LogP) is 0.885. The van der Waals surface area contributed by atoms with Crippen molar-refractivity contribution in [1.29, 1.82) is 0 Å². The van der Waals surface area contributed by atoms with Gasteiger partial charge in [-0.05, 0) is 13.3 Å². The lowest BCUT2D eigenvalue weighted by Gasteiger charge is -2.15. The van der Waals surface area contributed by atoms with Crippen LogP contribution in [0.1, 0.15) is 12.1 Å². The molecule has 5 nitrogen and oxygen atoms in total. The second-order valence-electron chi connectivity index (χ2n) is 4.32. The first kappa shape index (κ1) is 12.3. The van der Waals surface area contributed by atoms with Crippen molar-refractivity contribution in [3.05, 3.63) is 18.1 Å². The molecule has 0 aliphatic carbocycles. The van der Waals surface area contributed by atoms with Crippen LogP contribution < -0.4 is 4.74 Å². The predicted molar refractivity (Wildman–Crippen MR) is 64.1 cm³/mol. The van der Waals surface area contributed by atoms with Gasteiger partial charge in [0.25, 0.3) is 0 Å². The highest BCUT2D eigenvalue weighted by Gasteiger charge is 2.23. The van der Waals surface area contributed by atoms with Gasteiger partial charge in [0.05, 0.1) is 24.7 Å². The average molecular weight is 237 g/mol. The van der Waals surface area contributed by atoms with E-state index in [1.54, 1.807) is 19.5 Å². The third-order valence-corrected chi connectivity index (χ3v) is 2.89. The summed E-state index contributed by atoms with van der Waals surface area (Å²) in [5, 5.41) is 0. The lowest BCUT2D eigenvalue weighted by Crippen LogP contribution is -2.28. The summed E-state index contributed by atoms with van der Waals surface area (Å²) in [6.07, 6.45) is 4.68. The van der Waals surface area contributed by atoms with Crippen LogP contribution in [0.5, 0.6) is 5.88 Å². The lowest BCUT2D eigenvalue weighted by atomic mass is 10.3. The number of ether oxygens (including phenoxy) is 2. The smallest absolute Gasteiger partial charge is 0.232 e. The van der Waals surface area contributed by atoms with Crippen LogP contribution in [-0.2, 0) is 4.74 Å². The summed E-state index contributed by atoms with van der Waals surface area (Å²) in [6, 6.07) is 0. The van der Waals surface area contributed by atoms with E-state index in [2.05, 4.69) is 14.9 Å². The van der Waals surface area contributed by atoms with Crippen molar-refractivity contribution in [3.8, 4) is 5.88 Å². The van der Waals surface area contributed by atoms with E-state index in [-0.39, 0.29) is 6.10 Å². The van der Waals surface area contributed by atoms with Gasteiger partial charge in [0.1, 0.15) is 6.10 Å². The van der Waals surface area contributed by atoms with Crippen LogP contribution in [0.3, 0.4) is 0 Å².